The lowest BCUT2D eigenvalue weighted by Crippen LogP contribution is -2.14. The number of benzene rings is 1. The standard InChI is InChI=1S/C13H11ClN4O2/c1-8(19)16-9-2-4-10(5-3-9)17-13(20)11-6-15-7-12(14)18-11/h2-7H,1H3,(H,16,19)(H,17,20). The number of rotatable bonds is 3. The van der Waals surface area contributed by atoms with Crippen LogP contribution >= 0.6 is 11.6 Å². The lowest BCUT2D eigenvalue weighted by molar-refractivity contribution is -0.114. The third-order valence-electron chi connectivity index (χ3n) is 2.30. The van der Waals surface area contributed by atoms with Crippen molar-refractivity contribution < 1.29 is 9.59 Å². The van der Waals surface area contributed by atoms with Crippen LogP contribution in [0.4, 0.5) is 11.4 Å². The van der Waals surface area contributed by atoms with Gasteiger partial charge in [0.1, 0.15) is 10.8 Å². The van der Waals surface area contributed by atoms with E-state index < -0.39 is 5.91 Å². The second kappa shape index (κ2) is 6.12. The van der Waals surface area contributed by atoms with Crippen molar-refractivity contribution in [2.75, 3.05) is 10.6 Å². The minimum atomic E-state index is -0.410. The van der Waals surface area contributed by atoms with Gasteiger partial charge in [-0.3, -0.25) is 14.6 Å². The van der Waals surface area contributed by atoms with Crippen molar-refractivity contribution in [2.45, 2.75) is 6.92 Å². The molecule has 0 aliphatic heterocycles. The maximum atomic E-state index is 11.9. The van der Waals surface area contributed by atoms with Crippen molar-refractivity contribution in [1.29, 1.82) is 0 Å². The van der Waals surface area contributed by atoms with Crippen molar-refractivity contribution >= 4 is 34.8 Å². The summed E-state index contributed by atoms with van der Waals surface area (Å²) in [5.41, 5.74) is 1.35. The summed E-state index contributed by atoms with van der Waals surface area (Å²) in [4.78, 5) is 30.4. The maximum Gasteiger partial charge on any atom is 0.275 e. The number of hydrogen-bond donors (Lipinski definition) is 2. The molecule has 102 valence electrons. The lowest BCUT2D eigenvalue weighted by Gasteiger charge is -2.06. The molecule has 0 radical (unpaired) electrons. The first-order valence-corrected chi connectivity index (χ1v) is 6.09. The summed E-state index contributed by atoms with van der Waals surface area (Å²) < 4.78 is 0. The number of amides is 2. The van der Waals surface area contributed by atoms with Crippen molar-refractivity contribution in [3.05, 3.63) is 47.5 Å². The highest BCUT2D eigenvalue weighted by molar-refractivity contribution is 6.29. The molecule has 0 fully saturated rings. The predicted molar refractivity (Wildman–Crippen MR) is 75.7 cm³/mol. The van der Waals surface area contributed by atoms with E-state index in [1.807, 2.05) is 0 Å². The molecule has 7 heteroatoms. The molecule has 0 saturated carbocycles. The van der Waals surface area contributed by atoms with Crippen molar-refractivity contribution in [3.63, 3.8) is 0 Å². The van der Waals surface area contributed by atoms with Crippen LogP contribution < -0.4 is 10.6 Å². The van der Waals surface area contributed by atoms with Gasteiger partial charge < -0.3 is 10.6 Å². The van der Waals surface area contributed by atoms with Crippen molar-refractivity contribution in [3.8, 4) is 0 Å². The quantitative estimate of drug-likeness (QED) is 0.909. The molecule has 0 bridgehead atoms. The van der Waals surface area contributed by atoms with Gasteiger partial charge in [-0.15, -0.1) is 0 Å². The average molecular weight is 291 g/mol. The molecule has 2 rings (SSSR count). The first-order valence-electron chi connectivity index (χ1n) is 5.71. The van der Waals surface area contributed by atoms with E-state index in [9.17, 15) is 9.59 Å². The molecule has 1 aromatic carbocycles. The van der Waals surface area contributed by atoms with Gasteiger partial charge in [-0.05, 0) is 24.3 Å². The van der Waals surface area contributed by atoms with E-state index in [4.69, 9.17) is 11.6 Å². The molecule has 2 N–H and O–H groups in total. The van der Waals surface area contributed by atoms with E-state index >= 15 is 0 Å². The zero-order valence-electron chi connectivity index (χ0n) is 10.6. The second-order valence-electron chi connectivity index (χ2n) is 3.94. The Balaban J connectivity index is 2.06. The Labute approximate surface area is 120 Å². The van der Waals surface area contributed by atoms with Crippen LogP contribution in [0.1, 0.15) is 17.4 Å². The molecule has 0 aliphatic carbocycles. The molecule has 0 saturated heterocycles. The van der Waals surface area contributed by atoms with Gasteiger partial charge in [-0.1, -0.05) is 11.6 Å². The molecule has 2 amide bonds. The summed E-state index contributed by atoms with van der Waals surface area (Å²) in [6.07, 6.45) is 2.67. The number of nitrogens with one attached hydrogen (secondary N) is 2. The van der Waals surface area contributed by atoms with Crippen molar-refractivity contribution in [1.82, 2.24) is 9.97 Å². The molecule has 2 aromatic rings. The Morgan fingerprint density at radius 3 is 2.20 bits per heavy atom. The SMILES string of the molecule is CC(=O)Nc1ccc(NC(=O)c2cncc(Cl)n2)cc1. The third kappa shape index (κ3) is 3.76. The van der Waals surface area contributed by atoms with E-state index in [2.05, 4.69) is 20.6 Å². The summed E-state index contributed by atoms with van der Waals surface area (Å²) in [6, 6.07) is 6.70. The Bertz CT molecular complexity index is 643. The molecular weight excluding hydrogens is 280 g/mol. The van der Waals surface area contributed by atoms with Crippen LogP contribution in [0.3, 0.4) is 0 Å². The highest BCUT2D eigenvalue weighted by Gasteiger charge is 2.08. The highest BCUT2D eigenvalue weighted by Crippen LogP contribution is 2.14. The maximum absolute atomic E-state index is 11.9. The predicted octanol–water partition coefficient (Wildman–Crippen LogP) is 2.34. The molecule has 0 spiro atoms. The molecule has 0 atom stereocenters. The Hall–Kier alpha value is -2.47. The van der Waals surface area contributed by atoms with Gasteiger partial charge in [0.05, 0.1) is 12.4 Å². The van der Waals surface area contributed by atoms with E-state index in [1.54, 1.807) is 24.3 Å². The van der Waals surface area contributed by atoms with Gasteiger partial charge in [0.2, 0.25) is 5.91 Å². The van der Waals surface area contributed by atoms with Gasteiger partial charge in [-0.2, -0.15) is 0 Å². The highest BCUT2D eigenvalue weighted by atomic mass is 35.5. The average Bonchev–Trinajstić information content (AvgIpc) is 2.40. The minimum Gasteiger partial charge on any atom is -0.326 e. The minimum absolute atomic E-state index is 0.128. The zero-order chi connectivity index (χ0) is 14.5. The number of halogens is 1. The topological polar surface area (TPSA) is 84.0 Å². The number of carbonyl (C=O) groups is 2. The third-order valence-corrected chi connectivity index (χ3v) is 2.48. The Morgan fingerprint density at radius 2 is 1.65 bits per heavy atom. The largest absolute Gasteiger partial charge is 0.326 e. The summed E-state index contributed by atoms with van der Waals surface area (Å²) in [6.45, 7) is 1.42. The summed E-state index contributed by atoms with van der Waals surface area (Å²) >= 11 is 5.67. The molecule has 0 aliphatic rings. The summed E-state index contributed by atoms with van der Waals surface area (Å²) in [5, 5.41) is 5.44. The van der Waals surface area contributed by atoms with Crippen LogP contribution in [-0.2, 0) is 4.79 Å². The Morgan fingerprint density at radius 1 is 1.05 bits per heavy atom. The fourth-order valence-electron chi connectivity index (χ4n) is 1.49. The van der Waals surface area contributed by atoms with Crippen LogP contribution in [0, 0.1) is 0 Å². The monoisotopic (exact) mass is 290 g/mol. The fraction of sp³-hybridized carbons (Fsp3) is 0.0769. The van der Waals surface area contributed by atoms with Gasteiger partial charge in [0.25, 0.3) is 5.91 Å². The van der Waals surface area contributed by atoms with Gasteiger partial charge >= 0.3 is 0 Å². The molecule has 0 unspecified atom stereocenters. The van der Waals surface area contributed by atoms with Crippen LogP contribution in [0.25, 0.3) is 0 Å². The number of anilines is 2. The van der Waals surface area contributed by atoms with Crippen LogP contribution in [0.2, 0.25) is 5.15 Å². The first-order chi connectivity index (χ1) is 9.54. The number of nitrogens with zero attached hydrogens (tertiary/aromatic N) is 2. The van der Waals surface area contributed by atoms with Crippen molar-refractivity contribution in [2.24, 2.45) is 0 Å². The van der Waals surface area contributed by atoms with Crippen LogP contribution in [0.15, 0.2) is 36.7 Å². The van der Waals surface area contributed by atoms with E-state index in [0.717, 1.165) is 0 Å². The molecular formula is C13H11ClN4O2. The second-order valence-corrected chi connectivity index (χ2v) is 4.33. The van der Waals surface area contributed by atoms with E-state index in [0.29, 0.717) is 11.4 Å². The van der Waals surface area contributed by atoms with Crippen LogP contribution in [0.5, 0.6) is 0 Å². The smallest absolute Gasteiger partial charge is 0.275 e. The zero-order valence-corrected chi connectivity index (χ0v) is 11.3. The Kier molecular flexibility index (Phi) is 4.27. The van der Waals surface area contributed by atoms with E-state index in [-0.39, 0.29) is 16.8 Å². The fourth-order valence-corrected chi connectivity index (χ4v) is 1.63. The van der Waals surface area contributed by atoms with E-state index in [1.165, 1.54) is 19.3 Å². The summed E-state index contributed by atoms with van der Waals surface area (Å²) in [5.74, 6) is -0.566. The summed E-state index contributed by atoms with van der Waals surface area (Å²) in [7, 11) is 0. The molecule has 1 aromatic heterocycles. The normalized spacial score (nSPS) is 9.90. The van der Waals surface area contributed by atoms with Gasteiger partial charge in [0.15, 0.2) is 0 Å². The molecule has 1 heterocycles. The molecule has 20 heavy (non-hydrogen) atoms. The molecule has 6 nitrogen and oxygen atoms in total. The number of aromatic nitrogens is 2. The first kappa shape index (κ1) is 14.0. The number of hydrogen-bond acceptors (Lipinski definition) is 4. The van der Waals surface area contributed by atoms with Gasteiger partial charge in [0, 0.05) is 18.3 Å². The van der Waals surface area contributed by atoms with Crippen LogP contribution in [-0.4, -0.2) is 21.8 Å². The lowest BCUT2D eigenvalue weighted by atomic mass is 10.2. The number of carbonyl (C=O) groups excluding carboxylic acids is 2. The van der Waals surface area contributed by atoms with Gasteiger partial charge in [-0.25, -0.2) is 4.98 Å².